The Kier molecular flexibility index (Phi) is 78.1. The van der Waals surface area contributed by atoms with E-state index in [1.165, 1.54) is 276 Å². The standard InChI is InChI=1S/C91H178O17P2/c1-81(2)67-59-51-43-37-31-25-19-13-9-11-15-22-28-34-40-46-55-63-71-88(93)101-77-86(107-90(95)73-65-58-48-42-36-30-24-18-17-21-27-33-39-45-53-61-69-83(5)6)79-105-109(97,98)103-75-85(92)76-104-110(99,100)106-80-87(78-102-89(94)72-64-56-50-49-54-62-70-84(7)8)108-91(96)74-66-57-47-41-35-29-23-16-12-10-14-20-26-32-38-44-52-60-68-82(3)4/h81-87,92H,9-80H2,1-8H3,(H,97,98)(H,99,100)/t85?,86-,87-/m1/s1. The van der Waals surface area contributed by atoms with Gasteiger partial charge in [0.2, 0.25) is 0 Å². The molecule has 0 saturated heterocycles. The van der Waals surface area contributed by atoms with Crippen molar-refractivity contribution in [1.29, 1.82) is 0 Å². The Balaban J connectivity index is 5.19. The predicted octanol–water partition coefficient (Wildman–Crippen LogP) is 27.9. The summed E-state index contributed by atoms with van der Waals surface area (Å²) in [6.45, 7) is 14.3. The molecule has 0 aromatic heterocycles. The average molecular weight is 1610 g/mol. The maximum absolute atomic E-state index is 13.2. The van der Waals surface area contributed by atoms with Crippen LogP contribution in [0.1, 0.15) is 479 Å². The van der Waals surface area contributed by atoms with Gasteiger partial charge in [0.15, 0.2) is 12.2 Å². The topological polar surface area (TPSA) is 237 Å². The third kappa shape index (κ3) is 84.0. The van der Waals surface area contributed by atoms with Gasteiger partial charge < -0.3 is 33.8 Å². The summed E-state index contributed by atoms with van der Waals surface area (Å²) in [5.41, 5.74) is 0. The molecule has 0 heterocycles. The van der Waals surface area contributed by atoms with E-state index in [-0.39, 0.29) is 25.7 Å². The highest BCUT2D eigenvalue weighted by molar-refractivity contribution is 7.47. The molecule has 110 heavy (non-hydrogen) atoms. The van der Waals surface area contributed by atoms with Crippen molar-refractivity contribution in [3.8, 4) is 0 Å². The van der Waals surface area contributed by atoms with Crippen molar-refractivity contribution in [1.82, 2.24) is 0 Å². The molecule has 19 heteroatoms. The zero-order chi connectivity index (χ0) is 80.9. The molecule has 654 valence electrons. The minimum Gasteiger partial charge on any atom is -0.462 e. The first kappa shape index (κ1) is 108. The van der Waals surface area contributed by atoms with Crippen molar-refractivity contribution in [2.75, 3.05) is 39.6 Å². The normalized spacial score (nSPS) is 13.8. The van der Waals surface area contributed by atoms with Crippen LogP contribution in [-0.2, 0) is 65.4 Å². The van der Waals surface area contributed by atoms with Crippen LogP contribution >= 0.6 is 15.6 Å². The number of ether oxygens (including phenoxy) is 4. The largest absolute Gasteiger partial charge is 0.472 e. The van der Waals surface area contributed by atoms with Crippen LogP contribution in [0.4, 0.5) is 0 Å². The second-order valence-corrected chi connectivity index (χ2v) is 37.5. The first-order valence-corrected chi connectivity index (χ1v) is 49.7. The summed E-state index contributed by atoms with van der Waals surface area (Å²) in [7, 11) is -9.94. The van der Waals surface area contributed by atoms with Gasteiger partial charge in [0.1, 0.15) is 19.3 Å². The van der Waals surface area contributed by atoms with E-state index < -0.39 is 97.5 Å². The number of hydrogen-bond donors (Lipinski definition) is 3. The predicted molar refractivity (Wildman–Crippen MR) is 455 cm³/mol. The summed E-state index contributed by atoms with van der Waals surface area (Å²) in [6.07, 6.45) is 71.2. The summed E-state index contributed by atoms with van der Waals surface area (Å²) in [4.78, 5) is 73.3. The number of aliphatic hydroxyl groups is 1. The molecule has 0 aromatic carbocycles. The van der Waals surface area contributed by atoms with Crippen LogP contribution in [-0.4, -0.2) is 96.7 Å². The van der Waals surface area contributed by atoms with Gasteiger partial charge in [-0.25, -0.2) is 9.13 Å². The number of phosphoric acid groups is 2. The van der Waals surface area contributed by atoms with Gasteiger partial charge in [-0.1, -0.05) is 428 Å². The number of carbonyl (C=O) groups is 4. The fraction of sp³-hybridized carbons (Fsp3) is 0.956. The molecule has 0 aliphatic carbocycles. The number of esters is 4. The molecule has 0 saturated carbocycles. The maximum atomic E-state index is 13.2. The van der Waals surface area contributed by atoms with Crippen LogP contribution in [0.2, 0.25) is 0 Å². The van der Waals surface area contributed by atoms with E-state index in [0.717, 1.165) is 114 Å². The molecule has 17 nitrogen and oxygen atoms in total. The Morgan fingerprint density at radius 3 is 0.564 bits per heavy atom. The zero-order valence-electron chi connectivity index (χ0n) is 72.9. The zero-order valence-corrected chi connectivity index (χ0v) is 74.7. The Morgan fingerprint density at radius 1 is 0.227 bits per heavy atom. The highest BCUT2D eigenvalue weighted by Crippen LogP contribution is 2.45. The Bertz CT molecular complexity index is 2130. The van der Waals surface area contributed by atoms with Gasteiger partial charge in [-0.3, -0.25) is 37.3 Å². The van der Waals surface area contributed by atoms with E-state index in [0.29, 0.717) is 31.6 Å². The van der Waals surface area contributed by atoms with Gasteiger partial charge in [0.25, 0.3) is 0 Å². The lowest BCUT2D eigenvalue weighted by atomic mass is 10.0. The van der Waals surface area contributed by atoms with E-state index >= 15 is 0 Å². The van der Waals surface area contributed by atoms with Gasteiger partial charge in [-0.2, -0.15) is 0 Å². The maximum Gasteiger partial charge on any atom is 0.472 e. The number of phosphoric ester groups is 2. The van der Waals surface area contributed by atoms with E-state index in [2.05, 4.69) is 55.4 Å². The lowest BCUT2D eigenvalue weighted by Crippen LogP contribution is -2.30. The fourth-order valence-corrected chi connectivity index (χ4v) is 15.8. The number of unbranched alkanes of at least 4 members (excludes halogenated alkanes) is 54. The van der Waals surface area contributed by atoms with Crippen LogP contribution in [0.5, 0.6) is 0 Å². The minimum absolute atomic E-state index is 0.107. The first-order chi connectivity index (χ1) is 53.1. The molecule has 0 fully saturated rings. The van der Waals surface area contributed by atoms with Crippen molar-refractivity contribution >= 4 is 39.5 Å². The van der Waals surface area contributed by atoms with Crippen molar-refractivity contribution in [3.63, 3.8) is 0 Å². The SMILES string of the molecule is CC(C)CCCCCCCCCCCCCCCCCCCCC(=O)OC[C@H](COP(=O)(O)OCC(O)COP(=O)(O)OC[C@@H](COC(=O)CCCCCCCCC(C)C)OC(=O)CCCCCCCCCCCCCCCCCCCCC(C)C)OC(=O)CCCCCCCCCCCCCCCCCCC(C)C. The van der Waals surface area contributed by atoms with Crippen LogP contribution in [0.15, 0.2) is 0 Å². The van der Waals surface area contributed by atoms with Gasteiger partial charge in [-0.05, 0) is 49.4 Å². The molecule has 0 spiro atoms. The Hall–Kier alpha value is -1.94. The third-order valence-electron chi connectivity index (χ3n) is 21.3. The van der Waals surface area contributed by atoms with Crippen molar-refractivity contribution in [2.24, 2.45) is 23.7 Å². The molecule has 3 N–H and O–H groups in total. The van der Waals surface area contributed by atoms with E-state index in [1.807, 2.05) is 0 Å². The van der Waals surface area contributed by atoms with E-state index in [9.17, 15) is 43.2 Å². The van der Waals surface area contributed by atoms with Crippen molar-refractivity contribution in [2.45, 2.75) is 497 Å². The molecule has 0 aliphatic rings. The average Bonchev–Trinajstić information content (AvgIpc) is 0.898. The Labute approximate surface area is 677 Å². The van der Waals surface area contributed by atoms with E-state index in [1.54, 1.807) is 0 Å². The quantitative estimate of drug-likeness (QED) is 0.0222. The molecule has 0 aliphatic heterocycles. The van der Waals surface area contributed by atoms with Gasteiger partial charge in [-0.15, -0.1) is 0 Å². The number of hydrogen-bond acceptors (Lipinski definition) is 15. The highest BCUT2D eigenvalue weighted by Gasteiger charge is 2.31. The molecule has 0 bridgehead atoms. The molecule has 0 radical (unpaired) electrons. The van der Waals surface area contributed by atoms with Gasteiger partial charge >= 0.3 is 39.5 Å². The monoisotopic (exact) mass is 1610 g/mol. The Morgan fingerprint density at radius 2 is 0.382 bits per heavy atom. The van der Waals surface area contributed by atoms with Crippen LogP contribution in [0, 0.1) is 23.7 Å². The van der Waals surface area contributed by atoms with Crippen molar-refractivity contribution in [3.05, 3.63) is 0 Å². The molecule has 0 aromatic rings. The summed E-state index contributed by atoms with van der Waals surface area (Å²) in [5.74, 6) is 1.03. The smallest absolute Gasteiger partial charge is 0.462 e. The molecule has 5 atom stereocenters. The lowest BCUT2D eigenvalue weighted by Gasteiger charge is -2.21. The molecule has 0 rings (SSSR count). The molecule has 3 unspecified atom stereocenters. The van der Waals surface area contributed by atoms with Gasteiger partial charge in [0, 0.05) is 25.7 Å². The lowest BCUT2D eigenvalue weighted by molar-refractivity contribution is -0.161. The third-order valence-corrected chi connectivity index (χ3v) is 23.2. The first-order valence-electron chi connectivity index (χ1n) is 46.7. The summed E-state index contributed by atoms with van der Waals surface area (Å²) in [6, 6.07) is 0. The van der Waals surface area contributed by atoms with Crippen LogP contribution in [0.3, 0.4) is 0 Å². The minimum atomic E-state index is -4.97. The summed E-state index contributed by atoms with van der Waals surface area (Å²) < 4.78 is 69.0. The number of aliphatic hydroxyl groups excluding tert-OH is 1. The summed E-state index contributed by atoms with van der Waals surface area (Å²) in [5, 5.41) is 10.7. The second-order valence-electron chi connectivity index (χ2n) is 34.6. The van der Waals surface area contributed by atoms with E-state index in [4.69, 9.17) is 37.0 Å². The number of carbonyl (C=O) groups excluding carboxylic acids is 4. The summed E-state index contributed by atoms with van der Waals surface area (Å²) >= 11 is 0. The molecule has 0 amide bonds. The highest BCUT2D eigenvalue weighted by atomic mass is 31.2. The second kappa shape index (κ2) is 79.5. The van der Waals surface area contributed by atoms with Crippen LogP contribution < -0.4 is 0 Å². The molecular weight excluding hydrogens is 1430 g/mol. The van der Waals surface area contributed by atoms with Crippen molar-refractivity contribution < 1.29 is 80.2 Å². The fourth-order valence-electron chi connectivity index (χ4n) is 14.2. The number of rotatable bonds is 88. The molecular formula is C91H178O17P2. The van der Waals surface area contributed by atoms with Crippen LogP contribution in [0.25, 0.3) is 0 Å². The van der Waals surface area contributed by atoms with Gasteiger partial charge in [0.05, 0.1) is 26.4 Å².